The second kappa shape index (κ2) is 5.66. The van der Waals surface area contributed by atoms with E-state index in [4.69, 9.17) is 4.52 Å². The van der Waals surface area contributed by atoms with E-state index in [2.05, 4.69) is 10.5 Å². The van der Waals surface area contributed by atoms with E-state index in [1.807, 2.05) is 0 Å². The van der Waals surface area contributed by atoms with E-state index >= 15 is 0 Å². The van der Waals surface area contributed by atoms with Crippen LogP contribution in [0.2, 0.25) is 0 Å². The van der Waals surface area contributed by atoms with Crippen LogP contribution in [0.5, 0.6) is 0 Å². The van der Waals surface area contributed by atoms with Gasteiger partial charge in [-0.2, -0.15) is 4.31 Å². The molecule has 3 rings (SSSR count). The summed E-state index contributed by atoms with van der Waals surface area (Å²) in [5.41, 5.74) is 0.390. The van der Waals surface area contributed by atoms with Crippen molar-refractivity contribution in [2.24, 2.45) is 5.92 Å². The van der Waals surface area contributed by atoms with Gasteiger partial charge in [-0.15, -0.1) is 0 Å². The molecule has 1 aromatic rings. The highest BCUT2D eigenvalue weighted by molar-refractivity contribution is 7.89. The van der Waals surface area contributed by atoms with Crippen LogP contribution in [0, 0.1) is 19.8 Å². The number of nitrogens with one attached hydrogen (secondary N) is 1. The monoisotopic (exact) mass is 327 g/mol. The summed E-state index contributed by atoms with van der Waals surface area (Å²) in [7, 11) is -3.57. The number of amides is 1. The van der Waals surface area contributed by atoms with Gasteiger partial charge in [-0.25, -0.2) is 8.42 Å². The average Bonchev–Trinajstić information content (AvgIpc) is 3.25. The van der Waals surface area contributed by atoms with E-state index in [0.717, 1.165) is 12.8 Å². The minimum atomic E-state index is -3.57. The second-order valence-corrected chi connectivity index (χ2v) is 7.99. The topological polar surface area (TPSA) is 92.5 Å². The number of hydrogen-bond donors (Lipinski definition) is 1. The number of carbonyl (C=O) groups excluding carboxylic acids is 1. The van der Waals surface area contributed by atoms with Gasteiger partial charge in [0.15, 0.2) is 5.76 Å². The second-order valence-electron chi connectivity index (χ2n) is 6.11. The number of hydrogen-bond acceptors (Lipinski definition) is 5. The van der Waals surface area contributed by atoms with Gasteiger partial charge in [0.2, 0.25) is 15.9 Å². The number of sulfonamides is 1. The molecule has 2 heterocycles. The maximum atomic E-state index is 12.7. The van der Waals surface area contributed by atoms with Crippen LogP contribution in [0.15, 0.2) is 9.42 Å². The Hall–Kier alpha value is -1.41. The molecule has 0 spiro atoms. The van der Waals surface area contributed by atoms with E-state index in [1.165, 1.54) is 4.31 Å². The van der Waals surface area contributed by atoms with Gasteiger partial charge in [0.05, 0.1) is 0 Å². The highest BCUT2D eigenvalue weighted by Crippen LogP contribution is 2.30. The number of carbonyl (C=O) groups is 1. The van der Waals surface area contributed by atoms with E-state index in [1.54, 1.807) is 13.8 Å². The summed E-state index contributed by atoms with van der Waals surface area (Å²) in [6, 6.07) is 0.0734. The lowest BCUT2D eigenvalue weighted by Gasteiger charge is -2.31. The molecule has 1 aliphatic heterocycles. The molecule has 1 aromatic heterocycles. The predicted molar refractivity (Wildman–Crippen MR) is 78.6 cm³/mol. The molecule has 0 atom stereocenters. The lowest BCUT2D eigenvalue weighted by molar-refractivity contribution is -0.123. The molecule has 1 N–H and O–H groups in total. The molecule has 1 saturated carbocycles. The average molecular weight is 327 g/mol. The van der Waals surface area contributed by atoms with Crippen molar-refractivity contribution in [2.45, 2.75) is 50.5 Å². The van der Waals surface area contributed by atoms with E-state index in [9.17, 15) is 13.2 Å². The Labute approximate surface area is 130 Å². The first kappa shape index (κ1) is 15.5. The standard InChI is InChI=1S/C14H21N3O4S/c1-9-13(10(2)21-16-9)22(19,20)17-7-5-12(6-8-17)15-14(18)11-3-4-11/h11-12H,3-8H2,1-2H3,(H,15,18). The van der Waals surface area contributed by atoms with Gasteiger partial charge in [-0.3, -0.25) is 4.79 Å². The molecule has 8 heteroatoms. The zero-order valence-corrected chi connectivity index (χ0v) is 13.6. The molecule has 2 aliphatic rings. The van der Waals surface area contributed by atoms with Crippen LogP contribution in [0.1, 0.15) is 37.1 Å². The van der Waals surface area contributed by atoms with Gasteiger partial charge >= 0.3 is 0 Å². The number of rotatable bonds is 4. The Morgan fingerprint density at radius 2 is 1.86 bits per heavy atom. The van der Waals surface area contributed by atoms with Crippen molar-refractivity contribution in [1.29, 1.82) is 0 Å². The van der Waals surface area contributed by atoms with Crippen molar-refractivity contribution in [3.8, 4) is 0 Å². The zero-order valence-electron chi connectivity index (χ0n) is 12.8. The summed E-state index contributed by atoms with van der Waals surface area (Å²) in [5, 5.41) is 6.74. The summed E-state index contributed by atoms with van der Waals surface area (Å²) in [5.74, 6) is 0.623. The van der Waals surface area contributed by atoms with Crippen molar-refractivity contribution in [3.63, 3.8) is 0 Å². The van der Waals surface area contributed by atoms with Crippen molar-refractivity contribution in [1.82, 2.24) is 14.8 Å². The first-order valence-electron chi connectivity index (χ1n) is 7.63. The quantitative estimate of drug-likeness (QED) is 0.889. The molecule has 7 nitrogen and oxygen atoms in total. The van der Waals surface area contributed by atoms with Gasteiger partial charge in [0.25, 0.3) is 0 Å². The molecule has 0 bridgehead atoms. The molecule has 1 saturated heterocycles. The number of nitrogens with zero attached hydrogens (tertiary/aromatic N) is 2. The predicted octanol–water partition coefficient (Wildman–Crippen LogP) is 0.971. The van der Waals surface area contributed by atoms with Crippen LogP contribution in [0.3, 0.4) is 0 Å². The number of aromatic nitrogens is 1. The number of piperidine rings is 1. The molecular weight excluding hydrogens is 306 g/mol. The van der Waals surface area contributed by atoms with Crippen LogP contribution in [-0.4, -0.2) is 42.9 Å². The van der Waals surface area contributed by atoms with E-state index in [-0.39, 0.29) is 22.8 Å². The van der Waals surface area contributed by atoms with Gasteiger partial charge < -0.3 is 9.84 Å². The minimum Gasteiger partial charge on any atom is -0.360 e. The Bertz CT molecular complexity index is 651. The van der Waals surface area contributed by atoms with E-state index < -0.39 is 10.0 Å². The Morgan fingerprint density at radius 1 is 1.23 bits per heavy atom. The first-order valence-corrected chi connectivity index (χ1v) is 9.07. The van der Waals surface area contributed by atoms with Gasteiger partial charge in [0.1, 0.15) is 10.6 Å². The molecule has 1 aliphatic carbocycles. The lowest BCUT2D eigenvalue weighted by Crippen LogP contribution is -2.47. The van der Waals surface area contributed by atoms with Gasteiger partial charge in [0, 0.05) is 25.0 Å². The highest BCUT2D eigenvalue weighted by Gasteiger charge is 2.35. The molecule has 0 unspecified atom stereocenters. The SMILES string of the molecule is Cc1noc(C)c1S(=O)(=O)N1CCC(NC(=O)C2CC2)CC1. The van der Waals surface area contributed by atoms with Crippen LogP contribution in [-0.2, 0) is 14.8 Å². The fourth-order valence-corrected chi connectivity index (χ4v) is 4.64. The molecule has 2 fully saturated rings. The zero-order chi connectivity index (χ0) is 15.9. The summed E-state index contributed by atoms with van der Waals surface area (Å²) in [6.45, 7) is 4.05. The third-order valence-corrected chi connectivity index (χ3v) is 6.46. The van der Waals surface area contributed by atoms with Crippen LogP contribution in [0.25, 0.3) is 0 Å². The maximum Gasteiger partial charge on any atom is 0.248 e. The van der Waals surface area contributed by atoms with Gasteiger partial charge in [-0.05, 0) is 39.5 Å². The van der Waals surface area contributed by atoms with Crippen molar-refractivity contribution < 1.29 is 17.7 Å². The molecule has 122 valence electrons. The summed E-state index contributed by atoms with van der Waals surface area (Å²) in [6.07, 6.45) is 3.23. The third kappa shape index (κ3) is 2.89. The Morgan fingerprint density at radius 3 is 2.36 bits per heavy atom. The molecule has 0 aromatic carbocycles. The summed E-state index contributed by atoms with van der Waals surface area (Å²) in [4.78, 5) is 11.9. The van der Waals surface area contributed by atoms with Crippen LogP contribution >= 0.6 is 0 Å². The fourth-order valence-electron chi connectivity index (χ4n) is 2.88. The minimum absolute atomic E-state index is 0.0734. The molecular formula is C14H21N3O4S. The van der Waals surface area contributed by atoms with Crippen molar-refractivity contribution in [2.75, 3.05) is 13.1 Å². The summed E-state index contributed by atoms with van der Waals surface area (Å²) < 4.78 is 31.8. The maximum absolute atomic E-state index is 12.7. The van der Waals surface area contributed by atoms with Crippen LogP contribution in [0.4, 0.5) is 0 Å². The highest BCUT2D eigenvalue weighted by atomic mass is 32.2. The molecule has 0 radical (unpaired) electrons. The molecule has 22 heavy (non-hydrogen) atoms. The Balaban J connectivity index is 1.64. The molecule has 1 amide bonds. The smallest absolute Gasteiger partial charge is 0.248 e. The normalized spacial score (nSPS) is 21.0. The fraction of sp³-hybridized carbons (Fsp3) is 0.714. The summed E-state index contributed by atoms with van der Waals surface area (Å²) >= 11 is 0. The van der Waals surface area contributed by atoms with E-state index in [0.29, 0.717) is 37.4 Å². The third-order valence-electron chi connectivity index (χ3n) is 4.31. The largest absolute Gasteiger partial charge is 0.360 e. The first-order chi connectivity index (χ1) is 10.4. The van der Waals surface area contributed by atoms with Crippen molar-refractivity contribution in [3.05, 3.63) is 11.5 Å². The lowest BCUT2D eigenvalue weighted by atomic mass is 10.1. The van der Waals surface area contributed by atoms with Crippen molar-refractivity contribution >= 4 is 15.9 Å². The van der Waals surface area contributed by atoms with Crippen LogP contribution < -0.4 is 5.32 Å². The Kier molecular flexibility index (Phi) is 3.98. The number of aryl methyl sites for hydroxylation is 2. The van der Waals surface area contributed by atoms with Gasteiger partial charge in [-0.1, -0.05) is 5.16 Å².